The van der Waals surface area contributed by atoms with Crippen LogP contribution in [0.3, 0.4) is 0 Å². The summed E-state index contributed by atoms with van der Waals surface area (Å²) in [5.74, 6) is -1.37. The van der Waals surface area contributed by atoms with Crippen molar-refractivity contribution in [2.45, 2.75) is 0 Å². The second-order valence-electron chi connectivity index (χ2n) is 6.28. The number of ether oxygens (including phenoxy) is 1. The van der Waals surface area contributed by atoms with Gasteiger partial charge in [0.15, 0.2) is 0 Å². The van der Waals surface area contributed by atoms with Gasteiger partial charge in [-0.25, -0.2) is 4.79 Å². The molecule has 2 aromatic rings. The van der Waals surface area contributed by atoms with Crippen molar-refractivity contribution < 1.29 is 24.2 Å². The minimum absolute atomic E-state index is 0.00481. The quantitative estimate of drug-likeness (QED) is 0.543. The number of anilines is 1. The van der Waals surface area contributed by atoms with E-state index >= 15 is 0 Å². The molecule has 30 heavy (non-hydrogen) atoms. The van der Waals surface area contributed by atoms with Crippen molar-refractivity contribution in [2.24, 2.45) is 0 Å². The predicted octanol–water partition coefficient (Wildman–Crippen LogP) is 3.26. The Morgan fingerprint density at radius 2 is 1.87 bits per heavy atom. The Kier molecular flexibility index (Phi) is 6.53. The Balaban J connectivity index is 1.80. The van der Waals surface area contributed by atoms with Crippen molar-refractivity contribution in [3.05, 3.63) is 64.6 Å². The number of amides is 2. The highest BCUT2D eigenvalue weighted by atomic mass is 32.2. The number of hydrogen-bond acceptors (Lipinski definition) is 6. The van der Waals surface area contributed by atoms with Gasteiger partial charge in [0.05, 0.1) is 23.3 Å². The molecular weight excluding hydrogens is 424 g/mol. The fraction of sp³-hybridized carbons (Fsp3) is 0.143. The Morgan fingerprint density at radius 1 is 1.20 bits per heavy atom. The number of carboxylic acid groups (broad SMARTS) is 1. The number of methoxy groups -OCH3 is 1. The number of benzene rings is 2. The molecule has 1 heterocycles. The lowest BCUT2D eigenvalue weighted by atomic mass is 10.1. The van der Waals surface area contributed by atoms with E-state index in [4.69, 9.17) is 17.0 Å². The lowest BCUT2D eigenvalue weighted by molar-refractivity contribution is -0.127. The molecule has 2 amide bonds. The van der Waals surface area contributed by atoms with Gasteiger partial charge in [-0.15, -0.1) is 0 Å². The number of para-hydroxylation sites is 2. The number of thioether (sulfide) groups is 1. The third-order valence-corrected chi connectivity index (χ3v) is 5.84. The molecule has 1 aliphatic rings. The molecule has 0 atom stereocenters. The van der Waals surface area contributed by atoms with Crippen LogP contribution >= 0.6 is 24.0 Å². The summed E-state index contributed by atoms with van der Waals surface area (Å²) in [5.41, 5.74) is 0.958. The number of carboxylic acids is 1. The first-order valence-corrected chi connectivity index (χ1v) is 10.0. The normalized spacial score (nSPS) is 14.9. The Hall–Kier alpha value is -3.17. The minimum Gasteiger partial charge on any atom is -0.496 e. The van der Waals surface area contributed by atoms with E-state index in [1.54, 1.807) is 31.4 Å². The summed E-state index contributed by atoms with van der Waals surface area (Å²) in [6.45, 7) is -0.293. The topological polar surface area (TPSA) is 87.2 Å². The van der Waals surface area contributed by atoms with Crippen molar-refractivity contribution in [2.75, 3.05) is 25.6 Å². The van der Waals surface area contributed by atoms with Crippen LogP contribution in [0.1, 0.15) is 15.9 Å². The van der Waals surface area contributed by atoms with E-state index < -0.39 is 11.9 Å². The second-order valence-corrected chi connectivity index (χ2v) is 7.96. The second kappa shape index (κ2) is 9.10. The van der Waals surface area contributed by atoms with Gasteiger partial charge in [0.1, 0.15) is 16.6 Å². The molecule has 1 aliphatic heterocycles. The van der Waals surface area contributed by atoms with Crippen molar-refractivity contribution >= 4 is 57.8 Å². The summed E-state index contributed by atoms with van der Waals surface area (Å²) in [5, 5.41) is 9.34. The number of hydrogen-bond donors (Lipinski definition) is 1. The molecule has 2 aromatic carbocycles. The number of carbonyl (C=O) groups is 3. The van der Waals surface area contributed by atoms with Crippen LogP contribution in [0.4, 0.5) is 5.69 Å². The summed E-state index contributed by atoms with van der Waals surface area (Å²) >= 11 is 6.39. The van der Waals surface area contributed by atoms with Gasteiger partial charge in [0.25, 0.3) is 5.91 Å². The van der Waals surface area contributed by atoms with Gasteiger partial charge in [-0.3, -0.25) is 14.5 Å². The number of likely N-dealkylation sites (N-methyl/N-ethyl adjacent to an activating group) is 1. The molecule has 0 bridgehead atoms. The highest BCUT2D eigenvalue weighted by Crippen LogP contribution is 2.34. The van der Waals surface area contributed by atoms with Gasteiger partial charge in [0.2, 0.25) is 5.91 Å². The number of aromatic carboxylic acids is 1. The smallest absolute Gasteiger partial charge is 0.337 e. The Morgan fingerprint density at radius 3 is 2.57 bits per heavy atom. The van der Waals surface area contributed by atoms with Gasteiger partial charge in [-0.2, -0.15) is 0 Å². The molecule has 0 aliphatic carbocycles. The third-order valence-electron chi connectivity index (χ3n) is 4.46. The molecule has 1 N–H and O–H groups in total. The minimum atomic E-state index is -1.14. The van der Waals surface area contributed by atoms with Gasteiger partial charge < -0.3 is 14.7 Å². The molecule has 7 nitrogen and oxygen atoms in total. The maximum absolute atomic E-state index is 12.8. The van der Waals surface area contributed by atoms with Gasteiger partial charge in [-0.1, -0.05) is 54.3 Å². The molecule has 1 saturated heterocycles. The van der Waals surface area contributed by atoms with Crippen molar-refractivity contribution in [3.8, 4) is 5.75 Å². The van der Waals surface area contributed by atoms with E-state index in [0.29, 0.717) is 10.7 Å². The fourth-order valence-electron chi connectivity index (χ4n) is 2.89. The fourth-order valence-corrected chi connectivity index (χ4v) is 4.13. The molecule has 0 aromatic heterocycles. The lowest BCUT2D eigenvalue weighted by Gasteiger charge is -2.22. The standard InChI is InChI=1S/C21H18N2O5S2/c1-22(15-9-5-4-8-14(15)20(26)27)18(24)12-23-19(25)17(30-21(23)29)11-13-7-3-6-10-16(13)28-2/h3-11H,12H2,1-2H3,(H,26,27)/b17-11-. The van der Waals surface area contributed by atoms with E-state index in [-0.39, 0.29) is 28.0 Å². The van der Waals surface area contributed by atoms with Crippen LogP contribution in [0, 0.1) is 0 Å². The van der Waals surface area contributed by atoms with Crippen molar-refractivity contribution in [1.82, 2.24) is 4.90 Å². The van der Waals surface area contributed by atoms with Crippen molar-refractivity contribution in [3.63, 3.8) is 0 Å². The van der Waals surface area contributed by atoms with E-state index in [9.17, 15) is 19.5 Å². The maximum Gasteiger partial charge on any atom is 0.337 e. The average molecular weight is 443 g/mol. The average Bonchev–Trinajstić information content (AvgIpc) is 3.00. The molecule has 9 heteroatoms. The molecular formula is C21H18N2O5S2. The SMILES string of the molecule is COc1ccccc1/C=C1\SC(=S)N(CC(=O)N(C)c2ccccc2C(=O)O)C1=O. The zero-order valence-electron chi connectivity index (χ0n) is 16.2. The van der Waals surface area contributed by atoms with Gasteiger partial charge in [0, 0.05) is 12.6 Å². The molecule has 0 spiro atoms. The highest BCUT2D eigenvalue weighted by Gasteiger charge is 2.34. The van der Waals surface area contributed by atoms with E-state index in [0.717, 1.165) is 17.3 Å². The van der Waals surface area contributed by atoms with Crippen LogP contribution in [0.5, 0.6) is 5.75 Å². The monoisotopic (exact) mass is 442 g/mol. The third kappa shape index (κ3) is 4.37. The van der Waals surface area contributed by atoms with E-state index in [1.807, 2.05) is 18.2 Å². The van der Waals surface area contributed by atoms with E-state index in [2.05, 4.69) is 0 Å². The summed E-state index contributed by atoms with van der Waals surface area (Å²) in [6, 6.07) is 13.4. The zero-order valence-corrected chi connectivity index (χ0v) is 17.8. The van der Waals surface area contributed by atoms with Gasteiger partial charge in [-0.05, 0) is 24.3 Å². The molecule has 3 rings (SSSR count). The molecule has 0 unspecified atom stereocenters. The number of thiocarbonyl (C=S) groups is 1. The van der Waals surface area contributed by atoms with Crippen LogP contribution in [-0.2, 0) is 9.59 Å². The van der Waals surface area contributed by atoms with Crippen LogP contribution in [-0.4, -0.2) is 52.8 Å². The zero-order chi connectivity index (χ0) is 21.8. The van der Waals surface area contributed by atoms with Crippen LogP contribution in [0.2, 0.25) is 0 Å². The molecule has 0 radical (unpaired) electrons. The summed E-state index contributed by atoms with van der Waals surface area (Å²) in [4.78, 5) is 39.8. The first-order chi connectivity index (χ1) is 14.3. The van der Waals surface area contributed by atoms with Gasteiger partial charge >= 0.3 is 5.97 Å². The Labute approximate surface area is 182 Å². The predicted molar refractivity (Wildman–Crippen MR) is 120 cm³/mol. The highest BCUT2D eigenvalue weighted by molar-refractivity contribution is 8.26. The number of rotatable bonds is 6. The largest absolute Gasteiger partial charge is 0.496 e. The maximum atomic E-state index is 12.8. The summed E-state index contributed by atoms with van der Waals surface area (Å²) in [6.07, 6.45) is 1.67. The summed E-state index contributed by atoms with van der Waals surface area (Å²) in [7, 11) is 3.01. The lowest BCUT2D eigenvalue weighted by Crippen LogP contribution is -2.40. The molecule has 154 valence electrons. The van der Waals surface area contributed by atoms with Crippen LogP contribution in [0.15, 0.2) is 53.4 Å². The van der Waals surface area contributed by atoms with Crippen LogP contribution in [0.25, 0.3) is 6.08 Å². The number of nitrogens with zero attached hydrogens (tertiary/aromatic N) is 2. The first kappa shape index (κ1) is 21.5. The van der Waals surface area contributed by atoms with Crippen LogP contribution < -0.4 is 9.64 Å². The summed E-state index contributed by atoms with van der Waals surface area (Å²) < 4.78 is 5.56. The van der Waals surface area contributed by atoms with Crippen molar-refractivity contribution in [1.29, 1.82) is 0 Å². The Bertz CT molecular complexity index is 1070. The number of carbonyl (C=O) groups excluding carboxylic acids is 2. The molecule has 0 saturated carbocycles. The first-order valence-electron chi connectivity index (χ1n) is 8.80. The molecule has 1 fully saturated rings. The van der Waals surface area contributed by atoms with E-state index in [1.165, 1.54) is 29.0 Å².